The Morgan fingerprint density at radius 2 is 1.76 bits per heavy atom. The molecule has 1 aromatic carbocycles. The van der Waals surface area contributed by atoms with E-state index in [1.165, 1.54) is 26.0 Å². The highest BCUT2D eigenvalue weighted by atomic mass is 16.2. The van der Waals surface area contributed by atoms with Gasteiger partial charge < -0.3 is 16.0 Å². The molecule has 1 aromatic heterocycles. The summed E-state index contributed by atoms with van der Waals surface area (Å²) in [6, 6.07) is 7.38. The van der Waals surface area contributed by atoms with E-state index in [0.29, 0.717) is 23.2 Å². The van der Waals surface area contributed by atoms with Crippen LogP contribution in [-0.2, 0) is 4.79 Å². The number of carbonyl (C=O) groups is 2. The topological polar surface area (TPSA) is 96.0 Å². The summed E-state index contributed by atoms with van der Waals surface area (Å²) in [5.41, 5.74) is 1.43. The first-order valence-corrected chi connectivity index (χ1v) is 8.38. The van der Waals surface area contributed by atoms with Crippen LogP contribution >= 0.6 is 0 Å². The Hall–Kier alpha value is -2.96. The van der Waals surface area contributed by atoms with Crippen LogP contribution in [0.1, 0.15) is 43.1 Å². The SMILES string of the molecule is CC(=O)Nc1cccc(NC(=O)c2cnc(NC3CCCC3)cn2)c1. The van der Waals surface area contributed by atoms with Gasteiger partial charge in [0.15, 0.2) is 0 Å². The fourth-order valence-electron chi connectivity index (χ4n) is 2.87. The first-order chi connectivity index (χ1) is 12.1. The van der Waals surface area contributed by atoms with Crippen LogP contribution in [-0.4, -0.2) is 27.8 Å². The van der Waals surface area contributed by atoms with E-state index in [0.717, 1.165) is 12.8 Å². The van der Waals surface area contributed by atoms with Crippen molar-refractivity contribution in [3.63, 3.8) is 0 Å². The molecule has 1 heterocycles. The zero-order valence-corrected chi connectivity index (χ0v) is 14.1. The second-order valence-corrected chi connectivity index (χ2v) is 6.13. The smallest absolute Gasteiger partial charge is 0.275 e. The monoisotopic (exact) mass is 339 g/mol. The zero-order chi connectivity index (χ0) is 17.6. The maximum Gasteiger partial charge on any atom is 0.275 e. The number of rotatable bonds is 5. The summed E-state index contributed by atoms with van der Waals surface area (Å²) in [7, 11) is 0. The first kappa shape index (κ1) is 16.9. The van der Waals surface area contributed by atoms with E-state index < -0.39 is 0 Å². The van der Waals surface area contributed by atoms with Crippen molar-refractivity contribution < 1.29 is 9.59 Å². The van der Waals surface area contributed by atoms with Gasteiger partial charge in [-0.3, -0.25) is 9.59 Å². The van der Waals surface area contributed by atoms with Crippen LogP contribution in [0.5, 0.6) is 0 Å². The highest BCUT2D eigenvalue weighted by Crippen LogP contribution is 2.21. The molecule has 3 N–H and O–H groups in total. The van der Waals surface area contributed by atoms with E-state index in [1.54, 1.807) is 30.5 Å². The molecule has 1 aliphatic carbocycles. The number of nitrogens with zero attached hydrogens (tertiary/aromatic N) is 2. The number of anilines is 3. The molecule has 25 heavy (non-hydrogen) atoms. The van der Waals surface area contributed by atoms with Crippen molar-refractivity contribution >= 4 is 29.0 Å². The molecule has 7 nitrogen and oxygen atoms in total. The number of benzene rings is 1. The van der Waals surface area contributed by atoms with Crippen molar-refractivity contribution in [2.75, 3.05) is 16.0 Å². The lowest BCUT2D eigenvalue weighted by Gasteiger charge is -2.12. The standard InChI is InChI=1S/C18H21N5O2/c1-12(24)21-14-7-4-8-15(9-14)23-18(25)16-10-20-17(11-19-16)22-13-5-2-3-6-13/h4,7-11,13H,2-3,5-6H2,1H3,(H,20,22)(H,21,24)(H,23,25). The van der Waals surface area contributed by atoms with Crippen LogP contribution in [0.2, 0.25) is 0 Å². The summed E-state index contributed by atoms with van der Waals surface area (Å²) in [6.45, 7) is 1.43. The number of amides is 2. The fourth-order valence-corrected chi connectivity index (χ4v) is 2.87. The fraction of sp³-hybridized carbons (Fsp3) is 0.333. The van der Waals surface area contributed by atoms with Crippen LogP contribution in [0, 0.1) is 0 Å². The Labute approximate surface area is 146 Å². The molecule has 0 atom stereocenters. The van der Waals surface area contributed by atoms with Gasteiger partial charge in [0.05, 0.1) is 12.4 Å². The number of carbonyl (C=O) groups excluding carboxylic acids is 2. The molecule has 7 heteroatoms. The molecule has 1 fully saturated rings. The average Bonchev–Trinajstić information content (AvgIpc) is 3.08. The minimum Gasteiger partial charge on any atom is -0.366 e. The molecule has 0 unspecified atom stereocenters. The van der Waals surface area contributed by atoms with Crippen LogP contribution in [0.3, 0.4) is 0 Å². The maximum absolute atomic E-state index is 12.3. The Balaban J connectivity index is 1.61. The normalized spacial score (nSPS) is 14.1. The largest absolute Gasteiger partial charge is 0.366 e. The van der Waals surface area contributed by atoms with Gasteiger partial charge >= 0.3 is 0 Å². The number of nitrogens with one attached hydrogen (secondary N) is 3. The second kappa shape index (κ2) is 7.74. The van der Waals surface area contributed by atoms with Crippen molar-refractivity contribution in [2.24, 2.45) is 0 Å². The molecular formula is C18H21N5O2. The van der Waals surface area contributed by atoms with E-state index in [-0.39, 0.29) is 17.5 Å². The van der Waals surface area contributed by atoms with Gasteiger partial charge in [-0.25, -0.2) is 9.97 Å². The molecule has 130 valence electrons. The molecule has 1 saturated carbocycles. The highest BCUT2D eigenvalue weighted by molar-refractivity contribution is 6.03. The lowest BCUT2D eigenvalue weighted by Crippen LogP contribution is -2.18. The van der Waals surface area contributed by atoms with Crippen LogP contribution in [0.15, 0.2) is 36.7 Å². The molecule has 2 aromatic rings. The van der Waals surface area contributed by atoms with Gasteiger partial charge in [-0.1, -0.05) is 18.9 Å². The molecule has 1 aliphatic rings. The zero-order valence-electron chi connectivity index (χ0n) is 14.1. The summed E-state index contributed by atoms with van der Waals surface area (Å²) in [5.74, 6) is 0.177. The molecule has 0 aliphatic heterocycles. The third-order valence-corrected chi connectivity index (χ3v) is 4.03. The summed E-state index contributed by atoms with van der Waals surface area (Å²) in [6.07, 6.45) is 7.82. The molecule has 0 bridgehead atoms. The third kappa shape index (κ3) is 4.76. The first-order valence-electron chi connectivity index (χ1n) is 8.38. The van der Waals surface area contributed by atoms with E-state index >= 15 is 0 Å². The van der Waals surface area contributed by atoms with Gasteiger partial charge in [-0.05, 0) is 31.0 Å². The molecule has 0 saturated heterocycles. The Kier molecular flexibility index (Phi) is 5.23. The van der Waals surface area contributed by atoms with Gasteiger partial charge in [0.1, 0.15) is 11.5 Å². The lowest BCUT2D eigenvalue weighted by molar-refractivity contribution is -0.114. The van der Waals surface area contributed by atoms with Gasteiger partial charge in [0, 0.05) is 24.3 Å². The second-order valence-electron chi connectivity index (χ2n) is 6.13. The van der Waals surface area contributed by atoms with Crippen molar-refractivity contribution in [3.8, 4) is 0 Å². The number of hydrogen-bond donors (Lipinski definition) is 3. The molecular weight excluding hydrogens is 318 g/mol. The summed E-state index contributed by atoms with van der Waals surface area (Å²) in [5, 5.41) is 8.76. The molecule has 0 spiro atoms. The van der Waals surface area contributed by atoms with Crippen molar-refractivity contribution in [1.29, 1.82) is 0 Å². The van der Waals surface area contributed by atoms with E-state index in [4.69, 9.17) is 0 Å². The Morgan fingerprint density at radius 1 is 1.04 bits per heavy atom. The van der Waals surface area contributed by atoms with Crippen molar-refractivity contribution in [3.05, 3.63) is 42.4 Å². The summed E-state index contributed by atoms with van der Waals surface area (Å²) >= 11 is 0. The predicted molar refractivity (Wildman–Crippen MR) is 96.6 cm³/mol. The van der Waals surface area contributed by atoms with Crippen molar-refractivity contribution in [1.82, 2.24) is 9.97 Å². The van der Waals surface area contributed by atoms with Crippen LogP contribution in [0.25, 0.3) is 0 Å². The van der Waals surface area contributed by atoms with Crippen molar-refractivity contribution in [2.45, 2.75) is 38.6 Å². The van der Waals surface area contributed by atoms with Crippen LogP contribution < -0.4 is 16.0 Å². The minimum atomic E-state index is -0.347. The number of aromatic nitrogens is 2. The van der Waals surface area contributed by atoms with E-state index in [9.17, 15) is 9.59 Å². The third-order valence-electron chi connectivity index (χ3n) is 4.03. The minimum absolute atomic E-state index is 0.167. The Bertz CT molecular complexity index is 754. The molecule has 3 rings (SSSR count). The predicted octanol–water partition coefficient (Wildman–Crippen LogP) is 3.04. The molecule has 0 radical (unpaired) electrons. The van der Waals surface area contributed by atoms with Gasteiger partial charge in [0.2, 0.25) is 5.91 Å². The lowest BCUT2D eigenvalue weighted by atomic mass is 10.2. The average molecular weight is 339 g/mol. The Morgan fingerprint density at radius 3 is 2.40 bits per heavy atom. The van der Waals surface area contributed by atoms with E-state index in [2.05, 4.69) is 25.9 Å². The van der Waals surface area contributed by atoms with Gasteiger partial charge in [-0.2, -0.15) is 0 Å². The molecule has 2 amide bonds. The highest BCUT2D eigenvalue weighted by Gasteiger charge is 2.15. The summed E-state index contributed by atoms with van der Waals surface area (Å²) < 4.78 is 0. The number of hydrogen-bond acceptors (Lipinski definition) is 5. The summed E-state index contributed by atoms with van der Waals surface area (Å²) in [4.78, 5) is 31.8. The quantitative estimate of drug-likeness (QED) is 0.778. The van der Waals surface area contributed by atoms with Crippen LogP contribution in [0.4, 0.5) is 17.2 Å². The van der Waals surface area contributed by atoms with E-state index in [1.807, 2.05) is 0 Å². The van der Waals surface area contributed by atoms with Gasteiger partial charge in [0.25, 0.3) is 5.91 Å². The van der Waals surface area contributed by atoms with Gasteiger partial charge in [-0.15, -0.1) is 0 Å². The maximum atomic E-state index is 12.3.